The number of hydrogen-bond donors (Lipinski definition) is 3. The molecule has 0 aliphatic heterocycles. The van der Waals surface area contributed by atoms with Crippen LogP contribution < -0.4 is 0 Å². The molecule has 5 nitrogen and oxygen atoms in total. The van der Waals surface area contributed by atoms with Crippen molar-refractivity contribution in [2.75, 3.05) is 20.3 Å². The van der Waals surface area contributed by atoms with Gasteiger partial charge in [-0.1, -0.05) is 20.8 Å². The first-order valence-electron chi connectivity index (χ1n) is 5.64. The number of methoxy groups -OCH3 is 1. The van der Waals surface area contributed by atoms with Crippen molar-refractivity contribution < 1.29 is 24.8 Å². The minimum absolute atomic E-state index is 0.0730. The molecule has 0 saturated carbocycles. The van der Waals surface area contributed by atoms with Crippen molar-refractivity contribution in [1.29, 1.82) is 0 Å². The Morgan fingerprint density at radius 1 is 1.06 bits per heavy atom. The number of ether oxygens (including phenoxy) is 2. The molecule has 0 amide bonds. The highest BCUT2D eigenvalue weighted by Crippen LogP contribution is 2.12. The first-order chi connectivity index (χ1) is 7.56. The lowest BCUT2D eigenvalue weighted by atomic mass is 10.2. The maximum absolute atomic E-state index is 9.21. The summed E-state index contributed by atoms with van der Waals surface area (Å²) >= 11 is 0. The SMILES string of the molecule is CC.COC(OC(CO)C(C)O)[C@@H](C)CO. The summed E-state index contributed by atoms with van der Waals surface area (Å²) in [5.41, 5.74) is 0. The lowest BCUT2D eigenvalue weighted by Crippen LogP contribution is -2.38. The van der Waals surface area contributed by atoms with Crippen LogP contribution in [0.15, 0.2) is 0 Å². The summed E-state index contributed by atoms with van der Waals surface area (Å²) in [7, 11) is 1.45. The van der Waals surface area contributed by atoms with Gasteiger partial charge >= 0.3 is 0 Å². The van der Waals surface area contributed by atoms with E-state index in [1.54, 1.807) is 6.92 Å². The molecule has 0 radical (unpaired) electrons. The zero-order chi connectivity index (χ0) is 13.1. The van der Waals surface area contributed by atoms with Gasteiger partial charge in [-0.25, -0.2) is 0 Å². The van der Waals surface area contributed by atoms with Crippen molar-refractivity contribution in [2.45, 2.75) is 46.2 Å². The minimum Gasteiger partial charge on any atom is -0.396 e. The van der Waals surface area contributed by atoms with E-state index in [0.29, 0.717) is 0 Å². The molecule has 0 saturated heterocycles. The summed E-state index contributed by atoms with van der Waals surface area (Å²) in [4.78, 5) is 0. The molecular weight excluding hydrogens is 212 g/mol. The first-order valence-corrected chi connectivity index (χ1v) is 5.64. The molecule has 100 valence electrons. The standard InChI is InChI=1S/C9H20O5.C2H6/c1-6(4-10)9(13-3)14-8(5-11)7(2)12;1-2/h6-12H,4-5H2,1-3H3;1-2H3/t6-,7?,8?,9?;/m0./s1. The van der Waals surface area contributed by atoms with Crippen LogP contribution in [0.5, 0.6) is 0 Å². The maximum Gasteiger partial charge on any atom is 0.162 e. The fourth-order valence-corrected chi connectivity index (χ4v) is 0.990. The summed E-state index contributed by atoms with van der Waals surface area (Å²) in [6, 6.07) is 0. The van der Waals surface area contributed by atoms with E-state index in [0.717, 1.165) is 0 Å². The highest BCUT2D eigenvalue weighted by molar-refractivity contribution is 4.66. The molecule has 0 spiro atoms. The van der Waals surface area contributed by atoms with E-state index in [2.05, 4.69) is 0 Å². The van der Waals surface area contributed by atoms with Gasteiger partial charge in [0, 0.05) is 13.0 Å². The lowest BCUT2D eigenvalue weighted by molar-refractivity contribution is -0.211. The third-order valence-electron chi connectivity index (χ3n) is 2.01. The normalized spacial score (nSPS) is 18.0. The van der Waals surface area contributed by atoms with Crippen LogP contribution in [0.25, 0.3) is 0 Å². The van der Waals surface area contributed by atoms with Crippen LogP contribution in [0.4, 0.5) is 0 Å². The Hall–Kier alpha value is -0.200. The Kier molecular flexibility index (Phi) is 12.8. The van der Waals surface area contributed by atoms with Gasteiger partial charge in [0.15, 0.2) is 6.29 Å². The van der Waals surface area contributed by atoms with Gasteiger partial charge < -0.3 is 24.8 Å². The van der Waals surface area contributed by atoms with E-state index in [1.807, 2.05) is 13.8 Å². The molecule has 4 atom stereocenters. The quantitative estimate of drug-likeness (QED) is 0.559. The fraction of sp³-hybridized carbons (Fsp3) is 1.00. The van der Waals surface area contributed by atoms with Crippen LogP contribution in [-0.4, -0.2) is 54.1 Å². The lowest BCUT2D eigenvalue weighted by Gasteiger charge is -2.27. The summed E-state index contributed by atoms with van der Waals surface area (Å²) in [6.07, 6.45) is -2.08. The summed E-state index contributed by atoms with van der Waals surface area (Å²) in [5, 5.41) is 27.0. The molecule has 0 aliphatic carbocycles. The second-order valence-electron chi connectivity index (χ2n) is 3.36. The van der Waals surface area contributed by atoms with E-state index in [4.69, 9.17) is 19.7 Å². The largest absolute Gasteiger partial charge is 0.396 e. The second-order valence-corrected chi connectivity index (χ2v) is 3.36. The molecule has 0 fully saturated rings. The molecule has 0 aromatic heterocycles. The molecule has 0 rings (SSSR count). The van der Waals surface area contributed by atoms with E-state index >= 15 is 0 Å². The molecular formula is C11H26O5. The second kappa shape index (κ2) is 11.3. The average molecular weight is 238 g/mol. The van der Waals surface area contributed by atoms with Gasteiger partial charge in [-0.05, 0) is 6.92 Å². The number of rotatable bonds is 7. The number of aliphatic hydroxyl groups excluding tert-OH is 3. The van der Waals surface area contributed by atoms with Gasteiger partial charge in [-0.3, -0.25) is 0 Å². The molecule has 0 bridgehead atoms. The zero-order valence-electron chi connectivity index (χ0n) is 10.9. The van der Waals surface area contributed by atoms with E-state index < -0.39 is 18.5 Å². The van der Waals surface area contributed by atoms with E-state index in [9.17, 15) is 5.11 Å². The van der Waals surface area contributed by atoms with Crippen molar-refractivity contribution in [2.24, 2.45) is 5.92 Å². The molecule has 16 heavy (non-hydrogen) atoms. The number of hydrogen-bond acceptors (Lipinski definition) is 5. The summed E-state index contributed by atoms with van der Waals surface area (Å²) < 4.78 is 10.3. The Morgan fingerprint density at radius 3 is 1.81 bits per heavy atom. The van der Waals surface area contributed by atoms with Crippen LogP contribution in [-0.2, 0) is 9.47 Å². The van der Waals surface area contributed by atoms with E-state index in [1.165, 1.54) is 14.0 Å². The van der Waals surface area contributed by atoms with Crippen molar-refractivity contribution in [1.82, 2.24) is 0 Å². The highest BCUT2D eigenvalue weighted by Gasteiger charge is 2.23. The van der Waals surface area contributed by atoms with Crippen molar-refractivity contribution >= 4 is 0 Å². The highest BCUT2D eigenvalue weighted by atomic mass is 16.7. The van der Waals surface area contributed by atoms with Crippen molar-refractivity contribution in [3.63, 3.8) is 0 Å². The monoisotopic (exact) mass is 238 g/mol. The van der Waals surface area contributed by atoms with Gasteiger partial charge in [0.2, 0.25) is 0 Å². The van der Waals surface area contributed by atoms with Crippen LogP contribution in [0.2, 0.25) is 0 Å². The Bertz CT molecular complexity index is 140. The summed E-state index contributed by atoms with van der Waals surface area (Å²) in [5.74, 6) is -0.201. The molecule has 0 aromatic carbocycles. The molecule has 3 N–H and O–H groups in total. The third kappa shape index (κ3) is 7.14. The zero-order valence-corrected chi connectivity index (χ0v) is 10.9. The molecule has 0 heterocycles. The van der Waals surface area contributed by atoms with Crippen LogP contribution in [0, 0.1) is 5.92 Å². The first kappa shape index (κ1) is 18.2. The minimum atomic E-state index is -0.774. The van der Waals surface area contributed by atoms with Gasteiger partial charge in [0.25, 0.3) is 0 Å². The van der Waals surface area contributed by atoms with Gasteiger partial charge in [0.1, 0.15) is 6.10 Å². The van der Waals surface area contributed by atoms with Gasteiger partial charge in [-0.2, -0.15) is 0 Å². The molecule has 0 aromatic rings. The summed E-state index contributed by atoms with van der Waals surface area (Å²) in [6.45, 7) is 6.92. The van der Waals surface area contributed by atoms with Crippen LogP contribution in [0.1, 0.15) is 27.7 Å². The van der Waals surface area contributed by atoms with Gasteiger partial charge in [0.05, 0.1) is 19.3 Å². The molecule has 0 aliphatic rings. The Morgan fingerprint density at radius 2 is 1.56 bits per heavy atom. The van der Waals surface area contributed by atoms with Gasteiger partial charge in [-0.15, -0.1) is 0 Å². The van der Waals surface area contributed by atoms with Crippen molar-refractivity contribution in [3.8, 4) is 0 Å². The average Bonchev–Trinajstić information content (AvgIpc) is 2.31. The topological polar surface area (TPSA) is 79.2 Å². The van der Waals surface area contributed by atoms with E-state index in [-0.39, 0.29) is 19.1 Å². The predicted molar refractivity (Wildman–Crippen MR) is 62.0 cm³/mol. The molecule has 5 heteroatoms. The predicted octanol–water partition coefficient (Wildman–Crippen LogP) is 0.372. The fourth-order valence-electron chi connectivity index (χ4n) is 0.990. The van der Waals surface area contributed by atoms with Crippen molar-refractivity contribution in [3.05, 3.63) is 0 Å². The Balaban J connectivity index is 0. The van der Waals surface area contributed by atoms with Crippen LogP contribution >= 0.6 is 0 Å². The number of aliphatic hydroxyl groups is 3. The van der Waals surface area contributed by atoms with Crippen LogP contribution in [0.3, 0.4) is 0 Å². The third-order valence-corrected chi connectivity index (χ3v) is 2.01. The Labute approximate surface area is 98.0 Å². The molecule has 3 unspecified atom stereocenters. The smallest absolute Gasteiger partial charge is 0.162 e. The maximum atomic E-state index is 9.21.